The van der Waals surface area contributed by atoms with Crippen LogP contribution >= 0.6 is 0 Å². The normalized spacial score (nSPS) is 16.8. The minimum atomic E-state index is -0.0568. The van der Waals surface area contributed by atoms with E-state index in [2.05, 4.69) is 16.9 Å². The molecule has 13 heavy (non-hydrogen) atoms. The Morgan fingerprint density at radius 1 is 1.46 bits per heavy atom. The fraction of sp³-hybridized carbons (Fsp3) is 0.444. The van der Waals surface area contributed by atoms with E-state index in [1.165, 1.54) is 0 Å². The Bertz CT molecular complexity index is 306. The van der Waals surface area contributed by atoms with E-state index in [1.807, 2.05) is 0 Å². The SMILES string of the molecule is CC1CN(C(=O)c2ncccn2)C1. The Hall–Kier alpha value is -1.45. The topological polar surface area (TPSA) is 46.1 Å². The van der Waals surface area contributed by atoms with Gasteiger partial charge in [-0.2, -0.15) is 0 Å². The van der Waals surface area contributed by atoms with Crippen molar-refractivity contribution in [1.29, 1.82) is 0 Å². The maximum atomic E-state index is 11.6. The summed E-state index contributed by atoms with van der Waals surface area (Å²) >= 11 is 0. The lowest BCUT2D eigenvalue weighted by Gasteiger charge is -2.36. The molecule has 68 valence electrons. The van der Waals surface area contributed by atoms with E-state index >= 15 is 0 Å². The van der Waals surface area contributed by atoms with Gasteiger partial charge in [0.1, 0.15) is 0 Å². The van der Waals surface area contributed by atoms with E-state index < -0.39 is 0 Å². The van der Waals surface area contributed by atoms with Crippen molar-refractivity contribution in [2.24, 2.45) is 5.92 Å². The molecule has 1 amide bonds. The van der Waals surface area contributed by atoms with Gasteiger partial charge in [-0.05, 0) is 12.0 Å². The lowest BCUT2D eigenvalue weighted by atomic mass is 10.0. The number of carbonyl (C=O) groups is 1. The fourth-order valence-electron chi connectivity index (χ4n) is 1.42. The third kappa shape index (κ3) is 1.52. The molecule has 0 bridgehead atoms. The first kappa shape index (κ1) is 8.16. The Kier molecular flexibility index (Phi) is 1.96. The van der Waals surface area contributed by atoms with Crippen molar-refractivity contribution >= 4 is 5.91 Å². The molecule has 0 saturated carbocycles. The van der Waals surface area contributed by atoms with Crippen molar-refractivity contribution in [3.8, 4) is 0 Å². The molecule has 0 unspecified atom stereocenters. The molecule has 0 atom stereocenters. The van der Waals surface area contributed by atoms with E-state index in [0.29, 0.717) is 11.7 Å². The molecular weight excluding hydrogens is 166 g/mol. The van der Waals surface area contributed by atoms with Crippen molar-refractivity contribution in [2.75, 3.05) is 13.1 Å². The first-order valence-electron chi connectivity index (χ1n) is 4.33. The van der Waals surface area contributed by atoms with Crippen LogP contribution < -0.4 is 0 Å². The average Bonchev–Trinajstić information content (AvgIpc) is 2.13. The van der Waals surface area contributed by atoms with Crippen LogP contribution in [0.15, 0.2) is 18.5 Å². The molecule has 4 heteroatoms. The van der Waals surface area contributed by atoms with Gasteiger partial charge < -0.3 is 4.90 Å². The minimum Gasteiger partial charge on any atom is -0.335 e. The highest BCUT2D eigenvalue weighted by Crippen LogP contribution is 2.15. The number of nitrogens with zero attached hydrogens (tertiary/aromatic N) is 3. The van der Waals surface area contributed by atoms with Gasteiger partial charge in [-0.3, -0.25) is 4.79 Å². The number of hydrogen-bond donors (Lipinski definition) is 0. The van der Waals surface area contributed by atoms with Gasteiger partial charge in [-0.1, -0.05) is 6.92 Å². The summed E-state index contributed by atoms with van der Waals surface area (Å²) in [5.74, 6) is 0.862. The van der Waals surface area contributed by atoms with Crippen LogP contribution in [0.2, 0.25) is 0 Å². The number of amides is 1. The van der Waals surface area contributed by atoms with E-state index in [9.17, 15) is 4.79 Å². The van der Waals surface area contributed by atoms with E-state index in [4.69, 9.17) is 0 Å². The lowest BCUT2D eigenvalue weighted by molar-refractivity contribution is 0.0517. The van der Waals surface area contributed by atoms with Crippen molar-refractivity contribution in [3.63, 3.8) is 0 Å². The predicted molar refractivity (Wildman–Crippen MR) is 47.1 cm³/mol. The second-order valence-electron chi connectivity index (χ2n) is 3.39. The van der Waals surface area contributed by atoms with Crippen LogP contribution in [0.3, 0.4) is 0 Å². The molecule has 0 aliphatic carbocycles. The molecule has 1 fully saturated rings. The molecule has 2 rings (SSSR count). The molecule has 0 N–H and O–H groups in total. The summed E-state index contributed by atoms with van der Waals surface area (Å²) in [5.41, 5.74) is 0. The van der Waals surface area contributed by atoms with Crippen LogP contribution in [-0.2, 0) is 0 Å². The zero-order valence-electron chi connectivity index (χ0n) is 7.47. The zero-order chi connectivity index (χ0) is 9.26. The Morgan fingerprint density at radius 3 is 2.62 bits per heavy atom. The van der Waals surface area contributed by atoms with E-state index in [0.717, 1.165) is 13.1 Å². The molecule has 1 saturated heterocycles. The van der Waals surface area contributed by atoms with Gasteiger partial charge in [0.05, 0.1) is 0 Å². The smallest absolute Gasteiger partial charge is 0.291 e. The highest BCUT2D eigenvalue weighted by atomic mass is 16.2. The van der Waals surface area contributed by atoms with Crippen LogP contribution in [0, 0.1) is 5.92 Å². The van der Waals surface area contributed by atoms with Crippen molar-refractivity contribution in [3.05, 3.63) is 24.3 Å². The van der Waals surface area contributed by atoms with Crippen LogP contribution in [0.25, 0.3) is 0 Å². The molecule has 4 nitrogen and oxygen atoms in total. The molecule has 0 radical (unpaired) electrons. The van der Waals surface area contributed by atoms with Gasteiger partial charge in [0, 0.05) is 25.5 Å². The molecule has 1 aliphatic rings. The largest absolute Gasteiger partial charge is 0.335 e. The summed E-state index contributed by atoms with van der Waals surface area (Å²) in [6.45, 7) is 3.78. The third-order valence-corrected chi connectivity index (χ3v) is 2.11. The van der Waals surface area contributed by atoms with Gasteiger partial charge >= 0.3 is 0 Å². The molecule has 0 spiro atoms. The Morgan fingerprint density at radius 2 is 2.08 bits per heavy atom. The average molecular weight is 177 g/mol. The maximum Gasteiger partial charge on any atom is 0.291 e. The summed E-state index contributed by atoms with van der Waals surface area (Å²) in [6.07, 6.45) is 3.17. The molecular formula is C9H11N3O. The lowest BCUT2D eigenvalue weighted by Crippen LogP contribution is -2.49. The van der Waals surface area contributed by atoms with Crippen molar-refractivity contribution in [2.45, 2.75) is 6.92 Å². The number of hydrogen-bond acceptors (Lipinski definition) is 3. The zero-order valence-corrected chi connectivity index (χ0v) is 7.47. The summed E-state index contributed by atoms with van der Waals surface area (Å²) < 4.78 is 0. The van der Waals surface area contributed by atoms with Crippen LogP contribution in [0.1, 0.15) is 17.5 Å². The van der Waals surface area contributed by atoms with Gasteiger partial charge in [0.25, 0.3) is 5.91 Å². The van der Waals surface area contributed by atoms with Gasteiger partial charge in [0.2, 0.25) is 5.82 Å². The van der Waals surface area contributed by atoms with Crippen molar-refractivity contribution in [1.82, 2.24) is 14.9 Å². The Balaban J connectivity index is 2.06. The highest BCUT2D eigenvalue weighted by molar-refractivity contribution is 5.90. The first-order valence-corrected chi connectivity index (χ1v) is 4.33. The number of carbonyl (C=O) groups excluding carboxylic acids is 1. The summed E-state index contributed by atoms with van der Waals surface area (Å²) in [5, 5.41) is 0. The fourth-order valence-corrected chi connectivity index (χ4v) is 1.42. The summed E-state index contributed by atoms with van der Waals surface area (Å²) in [7, 11) is 0. The van der Waals surface area contributed by atoms with Crippen molar-refractivity contribution < 1.29 is 4.79 Å². The molecule has 1 aromatic heterocycles. The first-order chi connectivity index (χ1) is 6.27. The standard InChI is InChI=1S/C9H11N3O/c1-7-5-12(6-7)9(13)8-10-3-2-4-11-8/h2-4,7H,5-6H2,1H3. The highest BCUT2D eigenvalue weighted by Gasteiger charge is 2.28. The molecule has 2 heterocycles. The number of likely N-dealkylation sites (tertiary alicyclic amines) is 1. The molecule has 1 aliphatic heterocycles. The Labute approximate surface area is 76.6 Å². The van der Waals surface area contributed by atoms with E-state index in [1.54, 1.807) is 23.4 Å². The quantitative estimate of drug-likeness (QED) is 0.630. The van der Waals surface area contributed by atoms with Crippen LogP contribution in [0.5, 0.6) is 0 Å². The third-order valence-electron chi connectivity index (χ3n) is 2.11. The number of rotatable bonds is 1. The predicted octanol–water partition coefficient (Wildman–Crippen LogP) is 0.569. The second kappa shape index (κ2) is 3.12. The van der Waals surface area contributed by atoms with Crippen LogP contribution in [-0.4, -0.2) is 33.9 Å². The van der Waals surface area contributed by atoms with Gasteiger partial charge in [-0.25, -0.2) is 9.97 Å². The summed E-state index contributed by atoms with van der Waals surface area (Å²) in [4.78, 5) is 21.1. The van der Waals surface area contributed by atoms with Crippen LogP contribution in [0.4, 0.5) is 0 Å². The minimum absolute atomic E-state index is 0.0568. The van der Waals surface area contributed by atoms with Gasteiger partial charge in [0.15, 0.2) is 0 Å². The van der Waals surface area contributed by atoms with E-state index in [-0.39, 0.29) is 5.91 Å². The van der Waals surface area contributed by atoms with Gasteiger partial charge in [-0.15, -0.1) is 0 Å². The molecule has 0 aromatic carbocycles. The second-order valence-corrected chi connectivity index (χ2v) is 3.39. The monoisotopic (exact) mass is 177 g/mol. The maximum absolute atomic E-state index is 11.6. The summed E-state index contributed by atoms with van der Waals surface area (Å²) in [6, 6.07) is 1.70. The molecule has 1 aromatic rings. The number of aromatic nitrogens is 2.